The van der Waals surface area contributed by atoms with Crippen LogP contribution in [0.1, 0.15) is 16.2 Å². The Kier molecular flexibility index (Phi) is 5.95. The van der Waals surface area contributed by atoms with Gasteiger partial charge < -0.3 is 15.1 Å². The quantitative estimate of drug-likeness (QED) is 0.664. The van der Waals surface area contributed by atoms with Crippen LogP contribution < -0.4 is 0 Å². The van der Waals surface area contributed by atoms with Gasteiger partial charge in [0.15, 0.2) is 5.82 Å². The molecule has 3 rings (SSSR count). The summed E-state index contributed by atoms with van der Waals surface area (Å²) in [7, 11) is 0. The minimum absolute atomic E-state index is 0.0252. The Morgan fingerprint density at radius 1 is 1.04 bits per heavy atom. The Hall–Kier alpha value is -3.03. The van der Waals surface area contributed by atoms with Crippen molar-refractivity contribution in [3.05, 3.63) is 66.0 Å². The lowest BCUT2D eigenvalue weighted by molar-refractivity contribution is 0.0673. The average molecular weight is 366 g/mol. The summed E-state index contributed by atoms with van der Waals surface area (Å²) in [4.78, 5) is 18.6. The van der Waals surface area contributed by atoms with Crippen molar-refractivity contribution in [3.63, 3.8) is 0 Å². The molecule has 0 aliphatic rings. The molecule has 0 saturated heterocycles. The molecular formula is C20H22N4O3. The van der Waals surface area contributed by atoms with E-state index < -0.39 is 5.91 Å². The van der Waals surface area contributed by atoms with E-state index in [-0.39, 0.29) is 32.1 Å². The highest BCUT2D eigenvalue weighted by atomic mass is 16.3. The van der Waals surface area contributed by atoms with Gasteiger partial charge >= 0.3 is 0 Å². The molecule has 0 atom stereocenters. The van der Waals surface area contributed by atoms with Crippen LogP contribution in [0.3, 0.4) is 0 Å². The van der Waals surface area contributed by atoms with Crippen molar-refractivity contribution < 1.29 is 15.0 Å². The van der Waals surface area contributed by atoms with E-state index in [1.54, 1.807) is 4.68 Å². The Bertz CT molecular complexity index is 903. The molecule has 7 heteroatoms. The fourth-order valence-corrected chi connectivity index (χ4v) is 2.81. The number of nitrogens with zero attached hydrogens (tertiary/aromatic N) is 4. The van der Waals surface area contributed by atoms with E-state index in [0.717, 1.165) is 16.8 Å². The van der Waals surface area contributed by atoms with Crippen molar-refractivity contribution in [3.8, 4) is 17.1 Å². The Labute approximate surface area is 157 Å². The highest BCUT2D eigenvalue weighted by molar-refractivity contribution is 5.91. The molecule has 0 bridgehead atoms. The van der Waals surface area contributed by atoms with E-state index in [0.29, 0.717) is 5.82 Å². The maximum Gasteiger partial charge on any atom is 0.293 e. The van der Waals surface area contributed by atoms with E-state index in [1.807, 2.05) is 61.5 Å². The third-order valence-electron chi connectivity index (χ3n) is 4.10. The number of amides is 1. The second kappa shape index (κ2) is 8.57. The molecule has 0 saturated carbocycles. The molecule has 2 N–H and O–H groups in total. The van der Waals surface area contributed by atoms with Crippen LogP contribution in [0.2, 0.25) is 0 Å². The van der Waals surface area contributed by atoms with E-state index in [4.69, 9.17) is 0 Å². The van der Waals surface area contributed by atoms with Gasteiger partial charge in [-0.05, 0) is 24.6 Å². The van der Waals surface area contributed by atoms with Gasteiger partial charge in [0, 0.05) is 18.7 Å². The highest BCUT2D eigenvalue weighted by Gasteiger charge is 2.23. The number of aliphatic hydroxyl groups is 2. The Balaban J connectivity index is 2.08. The first-order valence-electron chi connectivity index (χ1n) is 8.74. The third-order valence-corrected chi connectivity index (χ3v) is 4.10. The number of aliphatic hydroxyl groups excluding tert-OH is 2. The fourth-order valence-electron chi connectivity index (χ4n) is 2.81. The van der Waals surface area contributed by atoms with Gasteiger partial charge in [-0.3, -0.25) is 4.79 Å². The van der Waals surface area contributed by atoms with Crippen molar-refractivity contribution in [1.82, 2.24) is 19.7 Å². The summed E-state index contributed by atoms with van der Waals surface area (Å²) >= 11 is 0. The molecule has 0 unspecified atom stereocenters. The minimum Gasteiger partial charge on any atom is -0.395 e. The van der Waals surface area contributed by atoms with Crippen LogP contribution in [0.15, 0.2) is 54.6 Å². The van der Waals surface area contributed by atoms with Crippen molar-refractivity contribution in [2.45, 2.75) is 6.92 Å². The number of carbonyl (C=O) groups excluding carboxylic acids is 1. The van der Waals surface area contributed by atoms with E-state index in [1.165, 1.54) is 4.90 Å². The Morgan fingerprint density at radius 3 is 2.37 bits per heavy atom. The minimum atomic E-state index is -0.429. The fraction of sp³-hybridized carbons (Fsp3) is 0.250. The van der Waals surface area contributed by atoms with Gasteiger partial charge in [-0.15, -0.1) is 5.10 Å². The van der Waals surface area contributed by atoms with Crippen LogP contribution in [-0.4, -0.2) is 62.1 Å². The molecule has 1 heterocycles. The number of hydrogen-bond donors (Lipinski definition) is 2. The predicted molar refractivity (Wildman–Crippen MR) is 102 cm³/mol. The zero-order chi connectivity index (χ0) is 19.2. The lowest BCUT2D eigenvalue weighted by Gasteiger charge is -2.18. The highest BCUT2D eigenvalue weighted by Crippen LogP contribution is 2.22. The molecule has 0 fully saturated rings. The topological polar surface area (TPSA) is 91.5 Å². The summed E-state index contributed by atoms with van der Waals surface area (Å²) in [6.07, 6.45) is 0. The lowest BCUT2D eigenvalue weighted by Crippen LogP contribution is -2.36. The van der Waals surface area contributed by atoms with Crippen molar-refractivity contribution in [1.29, 1.82) is 0 Å². The second-order valence-corrected chi connectivity index (χ2v) is 6.12. The maximum absolute atomic E-state index is 12.8. The smallest absolute Gasteiger partial charge is 0.293 e. The largest absolute Gasteiger partial charge is 0.395 e. The van der Waals surface area contributed by atoms with Crippen molar-refractivity contribution >= 4 is 5.91 Å². The van der Waals surface area contributed by atoms with Crippen LogP contribution in [0.5, 0.6) is 0 Å². The predicted octanol–water partition coefficient (Wildman–Crippen LogP) is 1.67. The molecule has 3 aromatic rings. The average Bonchev–Trinajstić information content (AvgIpc) is 3.13. The van der Waals surface area contributed by atoms with Gasteiger partial charge in [-0.1, -0.05) is 42.5 Å². The first-order chi connectivity index (χ1) is 13.1. The summed E-state index contributed by atoms with van der Waals surface area (Å²) < 4.78 is 1.64. The number of hydrogen-bond acceptors (Lipinski definition) is 5. The third kappa shape index (κ3) is 4.21. The molecular weight excluding hydrogens is 344 g/mol. The number of benzene rings is 2. The summed E-state index contributed by atoms with van der Waals surface area (Å²) in [6, 6.07) is 17.3. The molecule has 140 valence electrons. The molecule has 1 amide bonds. The molecule has 0 spiro atoms. The van der Waals surface area contributed by atoms with Crippen LogP contribution in [0.4, 0.5) is 0 Å². The number of carbonyl (C=O) groups is 1. The van der Waals surface area contributed by atoms with E-state index in [9.17, 15) is 15.0 Å². The normalized spacial score (nSPS) is 10.8. The number of aromatic nitrogens is 3. The van der Waals surface area contributed by atoms with Crippen LogP contribution in [0.25, 0.3) is 17.1 Å². The molecule has 27 heavy (non-hydrogen) atoms. The van der Waals surface area contributed by atoms with Gasteiger partial charge in [-0.25, -0.2) is 9.67 Å². The standard InChI is InChI=1S/C20H22N4O3/c1-15-6-5-9-17(14-15)24-19(16-7-3-2-4-8-16)21-18(22-24)20(27)23(10-12-25)11-13-26/h2-9,14,25-26H,10-13H2,1H3. The number of rotatable bonds is 7. The van der Waals surface area contributed by atoms with Gasteiger partial charge in [0.2, 0.25) is 5.82 Å². The molecule has 0 radical (unpaired) electrons. The van der Waals surface area contributed by atoms with Crippen LogP contribution in [-0.2, 0) is 0 Å². The van der Waals surface area contributed by atoms with Crippen LogP contribution >= 0.6 is 0 Å². The molecule has 0 aliphatic carbocycles. The monoisotopic (exact) mass is 366 g/mol. The molecule has 7 nitrogen and oxygen atoms in total. The lowest BCUT2D eigenvalue weighted by atomic mass is 10.2. The summed E-state index contributed by atoms with van der Waals surface area (Å²) in [5.41, 5.74) is 2.70. The molecule has 1 aromatic heterocycles. The van der Waals surface area contributed by atoms with Crippen molar-refractivity contribution in [2.75, 3.05) is 26.3 Å². The van der Waals surface area contributed by atoms with E-state index >= 15 is 0 Å². The van der Waals surface area contributed by atoms with Gasteiger partial charge in [-0.2, -0.15) is 0 Å². The summed E-state index contributed by atoms with van der Waals surface area (Å²) in [5.74, 6) is 0.149. The summed E-state index contributed by atoms with van der Waals surface area (Å²) in [5, 5.41) is 22.8. The maximum atomic E-state index is 12.8. The van der Waals surface area contributed by atoms with Crippen molar-refractivity contribution in [2.24, 2.45) is 0 Å². The summed E-state index contributed by atoms with van der Waals surface area (Å²) in [6.45, 7) is 1.81. The second-order valence-electron chi connectivity index (χ2n) is 6.12. The first-order valence-corrected chi connectivity index (χ1v) is 8.74. The van der Waals surface area contributed by atoms with Crippen LogP contribution in [0, 0.1) is 6.92 Å². The molecule has 0 aliphatic heterocycles. The van der Waals surface area contributed by atoms with Gasteiger partial charge in [0.25, 0.3) is 5.91 Å². The van der Waals surface area contributed by atoms with Gasteiger partial charge in [0.1, 0.15) is 0 Å². The zero-order valence-corrected chi connectivity index (χ0v) is 15.1. The first kappa shape index (κ1) is 18.8. The van der Waals surface area contributed by atoms with Gasteiger partial charge in [0.05, 0.1) is 18.9 Å². The molecule has 2 aromatic carbocycles. The SMILES string of the molecule is Cc1cccc(-n2nc(C(=O)N(CCO)CCO)nc2-c2ccccc2)c1. The number of aryl methyl sites for hydroxylation is 1. The van der Waals surface area contributed by atoms with E-state index in [2.05, 4.69) is 10.1 Å². The Morgan fingerprint density at radius 2 is 1.74 bits per heavy atom. The zero-order valence-electron chi connectivity index (χ0n) is 15.1.